The zero-order valence-corrected chi connectivity index (χ0v) is 13.9. The second-order valence-electron chi connectivity index (χ2n) is 5.92. The van der Waals surface area contributed by atoms with Crippen LogP contribution in [0.5, 0.6) is 0 Å². The third-order valence-corrected chi connectivity index (χ3v) is 4.34. The Hall–Kier alpha value is -2.36. The van der Waals surface area contributed by atoms with Crippen LogP contribution >= 0.6 is 0 Å². The molecule has 0 spiro atoms. The Balaban J connectivity index is 1.75. The number of hydrogen-bond acceptors (Lipinski definition) is 3. The van der Waals surface area contributed by atoms with Crippen LogP contribution < -0.4 is 0 Å². The number of methoxy groups -OCH3 is 1. The first-order valence-corrected chi connectivity index (χ1v) is 8.21. The van der Waals surface area contributed by atoms with E-state index in [9.17, 15) is 5.11 Å². The van der Waals surface area contributed by atoms with E-state index in [4.69, 9.17) is 4.74 Å². The minimum atomic E-state index is -0.595. The molecule has 1 heterocycles. The minimum Gasteiger partial charge on any atom is -0.386 e. The van der Waals surface area contributed by atoms with Gasteiger partial charge in [-0.05, 0) is 22.8 Å². The van der Waals surface area contributed by atoms with E-state index in [0.717, 1.165) is 12.1 Å². The van der Waals surface area contributed by atoms with Gasteiger partial charge in [-0.15, -0.1) is 0 Å². The highest BCUT2D eigenvalue weighted by Gasteiger charge is 2.26. The Morgan fingerprint density at radius 3 is 2.29 bits per heavy atom. The summed E-state index contributed by atoms with van der Waals surface area (Å²) in [6.07, 6.45) is 5.75. The van der Waals surface area contributed by atoms with Gasteiger partial charge in [0.1, 0.15) is 6.10 Å². The molecule has 0 fully saturated rings. The van der Waals surface area contributed by atoms with Crippen molar-refractivity contribution in [1.29, 1.82) is 0 Å². The molecule has 2 atom stereocenters. The molecule has 2 aromatic carbocycles. The topological polar surface area (TPSA) is 32.7 Å². The maximum absolute atomic E-state index is 10.8. The summed E-state index contributed by atoms with van der Waals surface area (Å²) in [6.45, 7) is 1.22. The van der Waals surface area contributed by atoms with Crippen molar-refractivity contribution in [2.45, 2.75) is 12.1 Å². The van der Waals surface area contributed by atoms with Crippen LogP contribution in [0.3, 0.4) is 0 Å². The fourth-order valence-corrected chi connectivity index (χ4v) is 3.01. The standard InChI is InChI=1S/C21H23NO2/c1-24-16-20(21(23)19-10-6-3-7-11-19)22-14-12-18(13-15-22)17-8-4-2-5-9-17/h2-14,20-21,23H,15-16H2,1H3/t20-,21-/m0/s1. The van der Waals surface area contributed by atoms with Crippen molar-refractivity contribution in [2.75, 3.05) is 20.3 Å². The largest absolute Gasteiger partial charge is 0.386 e. The lowest BCUT2D eigenvalue weighted by Crippen LogP contribution is -2.40. The van der Waals surface area contributed by atoms with Crippen molar-refractivity contribution in [2.24, 2.45) is 0 Å². The Morgan fingerprint density at radius 1 is 1.04 bits per heavy atom. The van der Waals surface area contributed by atoms with Crippen molar-refractivity contribution < 1.29 is 9.84 Å². The van der Waals surface area contributed by atoms with Gasteiger partial charge in [0, 0.05) is 19.9 Å². The molecule has 24 heavy (non-hydrogen) atoms. The van der Waals surface area contributed by atoms with Crippen LogP contribution in [0, 0.1) is 0 Å². The molecule has 2 aromatic rings. The maximum Gasteiger partial charge on any atom is 0.102 e. The van der Waals surface area contributed by atoms with Gasteiger partial charge < -0.3 is 14.7 Å². The number of ether oxygens (including phenoxy) is 1. The third kappa shape index (κ3) is 3.75. The van der Waals surface area contributed by atoms with Crippen molar-refractivity contribution in [3.63, 3.8) is 0 Å². The number of nitrogens with zero attached hydrogens (tertiary/aromatic N) is 1. The molecular weight excluding hydrogens is 298 g/mol. The first kappa shape index (κ1) is 16.5. The molecule has 0 radical (unpaired) electrons. The summed E-state index contributed by atoms with van der Waals surface area (Å²) in [6, 6.07) is 20.0. The molecule has 124 valence electrons. The molecule has 0 saturated heterocycles. The van der Waals surface area contributed by atoms with Crippen molar-refractivity contribution in [1.82, 2.24) is 4.90 Å². The highest BCUT2D eigenvalue weighted by atomic mass is 16.5. The summed E-state index contributed by atoms with van der Waals surface area (Å²) in [5.41, 5.74) is 3.32. The molecule has 0 bridgehead atoms. The van der Waals surface area contributed by atoms with E-state index in [1.165, 1.54) is 11.1 Å². The number of hydrogen-bond donors (Lipinski definition) is 1. The molecule has 0 unspecified atom stereocenters. The first-order chi connectivity index (χ1) is 11.8. The smallest absolute Gasteiger partial charge is 0.102 e. The fraction of sp³-hybridized carbons (Fsp3) is 0.238. The van der Waals surface area contributed by atoms with Gasteiger partial charge in [-0.3, -0.25) is 0 Å². The second-order valence-corrected chi connectivity index (χ2v) is 5.92. The molecule has 3 heteroatoms. The zero-order chi connectivity index (χ0) is 16.8. The van der Waals surface area contributed by atoms with E-state index in [-0.39, 0.29) is 6.04 Å². The van der Waals surface area contributed by atoms with Crippen molar-refractivity contribution >= 4 is 5.57 Å². The van der Waals surface area contributed by atoms with Gasteiger partial charge in [-0.25, -0.2) is 0 Å². The van der Waals surface area contributed by atoms with Crippen LogP contribution in [0.2, 0.25) is 0 Å². The Labute approximate surface area is 143 Å². The summed E-state index contributed by atoms with van der Waals surface area (Å²) < 4.78 is 5.36. The third-order valence-electron chi connectivity index (χ3n) is 4.34. The Kier molecular flexibility index (Phi) is 5.47. The molecule has 1 N–H and O–H groups in total. The molecule has 1 aliphatic heterocycles. The SMILES string of the molecule is COC[C@@H]([C@@H](O)c1ccccc1)N1C=CC(c2ccccc2)=CC1. The molecule has 3 rings (SSSR count). The van der Waals surface area contributed by atoms with Crippen LogP contribution in [0.15, 0.2) is 79.0 Å². The van der Waals surface area contributed by atoms with Crippen molar-refractivity contribution in [3.05, 3.63) is 90.1 Å². The highest BCUT2D eigenvalue weighted by Crippen LogP contribution is 2.26. The first-order valence-electron chi connectivity index (χ1n) is 8.21. The predicted octanol–water partition coefficient (Wildman–Crippen LogP) is 3.65. The van der Waals surface area contributed by atoms with Gasteiger partial charge in [0.15, 0.2) is 0 Å². The molecule has 1 aliphatic rings. The van der Waals surface area contributed by atoms with E-state index in [2.05, 4.69) is 35.4 Å². The molecule has 0 aliphatic carbocycles. The van der Waals surface area contributed by atoms with Crippen molar-refractivity contribution in [3.8, 4) is 0 Å². The van der Waals surface area contributed by atoms with Gasteiger partial charge in [0.2, 0.25) is 0 Å². The number of aliphatic hydroxyl groups excluding tert-OH is 1. The van der Waals surface area contributed by atoms with E-state index in [1.54, 1.807) is 7.11 Å². The number of rotatable bonds is 6. The molecule has 0 aromatic heterocycles. The van der Waals surface area contributed by atoms with E-state index >= 15 is 0 Å². The number of benzene rings is 2. The predicted molar refractivity (Wildman–Crippen MR) is 97.3 cm³/mol. The fourth-order valence-electron chi connectivity index (χ4n) is 3.01. The van der Waals surface area contributed by atoms with Crippen LogP contribution in [-0.2, 0) is 4.74 Å². The summed E-state index contributed by atoms with van der Waals surface area (Å²) in [7, 11) is 1.67. The normalized spacial score (nSPS) is 16.6. The summed E-state index contributed by atoms with van der Waals surface area (Å²) in [5.74, 6) is 0. The van der Waals surface area contributed by atoms with Crippen LogP contribution in [0.25, 0.3) is 5.57 Å². The highest BCUT2D eigenvalue weighted by molar-refractivity contribution is 5.74. The lowest BCUT2D eigenvalue weighted by molar-refractivity contribution is 0.0254. The summed E-state index contributed by atoms with van der Waals surface area (Å²) in [5, 5.41) is 10.8. The Morgan fingerprint density at radius 2 is 1.71 bits per heavy atom. The minimum absolute atomic E-state index is 0.123. The lowest BCUT2D eigenvalue weighted by Gasteiger charge is -2.35. The van der Waals surface area contributed by atoms with Gasteiger partial charge >= 0.3 is 0 Å². The molecule has 3 nitrogen and oxygen atoms in total. The zero-order valence-electron chi connectivity index (χ0n) is 13.9. The second kappa shape index (κ2) is 7.95. The summed E-state index contributed by atoms with van der Waals surface area (Å²) in [4.78, 5) is 2.13. The lowest BCUT2D eigenvalue weighted by atomic mass is 9.99. The summed E-state index contributed by atoms with van der Waals surface area (Å²) >= 11 is 0. The van der Waals surface area contributed by atoms with Crippen LogP contribution in [0.4, 0.5) is 0 Å². The van der Waals surface area contributed by atoms with Gasteiger partial charge in [-0.2, -0.15) is 0 Å². The number of aliphatic hydroxyl groups is 1. The average molecular weight is 321 g/mol. The molecular formula is C21H23NO2. The van der Waals surface area contributed by atoms with Gasteiger partial charge in [0.25, 0.3) is 0 Å². The molecule has 0 saturated carbocycles. The quantitative estimate of drug-likeness (QED) is 0.881. The van der Waals surface area contributed by atoms with E-state index in [0.29, 0.717) is 6.61 Å². The average Bonchev–Trinajstić information content (AvgIpc) is 2.67. The Bertz CT molecular complexity index is 694. The number of allylic oxidation sites excluding steroid dienone is 2. The monoisotopic (exact) mass is 321 g/mol. The molecule has 0 amide bonds. The van der Waals surface area contributed by atoms with E-state index in [1.807, 2.05) is 48.5 Å². The van der Waals surface area contributed by atoms with Crippen LogP contribution in [-0.4, -0.2) is 36.3 Å². The van der Waals surface area contributed by atoms with Crippen LogP contribution in [0.1, 0.15) is 17.2 Å². The maximum atomic E-state index is 10.8. The van der Waals surface area contributed by atoms with Gasteiger partial charge in [0.05, 0.1) is 12.6 Å². The van der Waals surface area contributed by atoms with E-state index < -0.39 is 6.10 Å². The van der Waals surface area contributed by atoms with Gasteiger partial charge in [-0.1, -0.05) is 66.7 Å².